The number of amides is 1. The molecule has 9 nitrogen and oxygen atoms in total. The molecule has 0 radical (unpaired) electrons. The highest BCUT2D eigenvalue weighted by Crippen LogP contribution is 2.34. The quantitative estimate of drug-likeness (QED) is 0.238. The van der Waals surface area contributed by atoms with E-state index in [0.717, 1.165) is 6.07 Å². The fraction of sp³-hybridized carbons (Fsp3) is 0.588. The van der Waals surface area contributed by atoms with Crippen LogP contribution in [-0.4, -0.2) is 80.8 Å². The molecule has 1 N–H and O–H groups in total. The Morgan fingerprint density at radius 3 is 2.21 bits per heavy atom. The Balaban J connectivity index is 3.61. The Bertz CT molecular complexity index is 827. The lowest BCUT2D eigenvalue weighted by molar-refractivity contribution is -0.385. The molecule has 0 spiro atoms. The number of hydrogen-bond donors (Lipinski definition) is 1. The number of hydrogen-bond acceptors (Lipinski definition) is 7. The third-order valence-corrected chi connectivity index (χ3v) is 6.59. The first kappa shape index (κ1) is 25.8. The van der Waals surface area contributed by atoms with E-state index in [4.69, 9.17) is 0 Å². The summed E-state index contributed by atoms with van der Waals surface area (Å²) in [5.41, 5.74) is -0.400. The molecule has 1 amide bonds. The lowest BCUT2D eigenvalue weighted by Crippen LogP contribution is -2.33. The third-order valence-electron chi connectivity index (χ3n) is 4.13. The van der Waals surface area contributed by atoms with E-state index in [-0.39, 0.29) is 21.9 Å². The van der Waals surface area contributed by atoms with Crippen LogP contribution in [0.15, 0.2) is 17.0 Å². The van der Waals surface area contributed by atoms with Crippen LogP contribution < -0.4 is 10.2 Å². The summed E-state index contributed by atoms with van der Waals surface area (Å²) in [6.45, 7) is 3.29. The zero-order valence-corrected chi connectivity index (χ0v) is 20.6. The lowest BCUT2D eigenvalue weighted by Gasteiger charge is -2.26. The van der Waals surface area contributed by atoms with Crippen LogP contribution in [0, 0.1) is 10.1 Å². The van der Waals surface area contributed by atoms with Crippen LogP contribution in [0.1, 0.15) is 17.3 Å². The van der Waals surface area contributed by atoms with E-state index in [1.165, 1.54) is 13.0 Å². The second-order valence-corrected chi connectivity index (χ2v) is 10.3. The molecule has 164 valence electrons. The maximum Gasteiger partial charge on any atom is 0.283 e. The highest BCUT2D eigenvalue weighted by atomic mass is 79.9. The van der Waals surface area contributed by atoms with Gasteiger partial charge in [-0.2, -0.15) is 0 Å². The molecule has 0 aromatic heterocycles. The summed E-state index contributed by atoms with van der Waals surface area (Å²) in [6, 6.07) is 2.32. The van der Waals surface area contributed by atoms with Crippen molar-refractivity contribution in [2.45, 2.75) is 11.8 Å². The molecule has 0 saturated heterocycles. The van der Waals surface area contributed by atoms with Crippen molar-refractivity contribution in [3.63, 3.8) is 0 Å². The number of nitro benzene ring substituents is 1. The van der Waals surface area contributed by atoms with Crippen LogP contribution in [0.5, 0.6) is 0 Å². The molecule has 0 fully saturated rings. The fourth-order valence-corrected chi connectivity index (χ4v) is 4.55. The van der Waals surface area contributed by atoms with Crippen molar-refractivity contribution in [3.8, 4) is 0 Å². The lowest BCUT2D eigenvalue weighted by atomic mass is 10.1. The predicted molar refractivity (Wildman–Crippen MR) is 122 cm³/mol. The number of rotatable bonds is 12. The summed E-state index contributed by atoms with van der Waals surface area (Å²) >= 11 is 6.69. The smallest absolute Gasteiger partial charge is 0.283 e. The van der Waals surface area contributed by atoms with Gasteiger partial charge in [0.05, 0.1) is 21.3 Å². The molecule has 1 rings (SSSR count). The van der Waals surface area contributed by atoms with E-state index in [0.29, 0.717) is 36.8 Å². The summed E-state index contributed by atoms with van der Waals surface area (Å²) in [7, 11) is -0.0667. The minimum atomic E-state index is -3.75. The van der Waals surface area contributed by atoms with E-state index in [9.17, 15) is 23.3 Å². The standard InChI is InChI=1S/C17H26Br2N4O5S/c1-4-29(27,28)16-12-14(23(25)26)13(17(24)20-7-10-21(2)3)11-15(16)22(8-5-18)9-6-19/h11-12H,4-10H2,1-3H3,(H,20,24). The van der Waals surface area contributed by atoms with E-state index >= 15 is 0 Å². The van der Waals surface area contributed by atoms with Crippen LogP contribution in [0.2, 0.25) is 0 Å². The van der Waals surface area contributed by atoms with Crippen LogP contribution in [0.25, 0.3) is 0 Å². The Hall–Kier alpha value is -1.24. The average molecular weight is 558 g/mol. The monoisotopic (exact) mass is 556 g/mol. The largest absolute Gasteiger partial charge is 0.369 e. The molecule has 0 heterocycles. The first-order chi connectivity index (χ1) is 13.6. The van der Waals surface area contributed by atoms with Crippen molar-refractivity contribution in [2.24, 2.45) is 0 Å². The number of anilines is 1. The van der Waals surface area contributed by atoms with Crippen molar-refractivity contribution in [2.75, 3.05) is 61.6 Å². The summed E-state index contributed by atoms with van der Waals surface area (Å²) in [6.07, 6.45) is 0. The summed E-state index contributed by atoms with van der Waals surface area (Å²) in [4.78, 5) is 27.0. The Morgan fingerprint density at radius 2 is 1.76 bits per heavy atom. The van der Waals surface area contributed by atoms with E-state index in [1.807, 2.05) is 19.0 Å². The number of nitro groups is 1. The Kier molecular flexibility index (Phi) is 10.5. The highest BCUT2D eigenvalue weighted by Gasteiger charge is 2.29. The number of alkyl halides is 2. The molecule has 0 unspecified atom stereocenters. The van der Waals surface area contributed by atoms with Crippen molar-refractivity contribution in [1.82, 2.24) is 10.2 Å². The van der Waals surface area contributed by atoms with Gasteiger partial charge in [0.1, 0.15) is 5.56 Å². The van der Waals surface area contributed by atoms with Crippen LogP contribution in [-0.2, 0) is 9.84 Å². The van der Waals surface area contributed by atoms with Gasteiger partial charge in [-0.25, -0.2) is 8.42 Å². The molecule has 29 heavy (non-hydrogen) atoms. The van der Waals surface area contributed by atoms with Gasteiger partial charge in [0.2, 0.25) is 0 Å². The van der Waals surface area contributed by atoms with Gasteiger partial charge in [-0.1, -0.05) is 38.8 Å². The molecule has 0 aliphatic rings. The van der Waals surface area contributed by atoms with Crippen LogP contribution in [0.4, 0.5) is 11.4 Å². The molecule has 0 aliphatic heterocycles. The van der Waals surface area contributed by atoms with Gasteiger partial charge in [-0.3, -0.25) is 14.9 Å². The number of nitrogens with one attached hydrogen (secondary N) is 1. The van der Waals surface area contributed by atoms with E-state index < -0.39 is 26.4 Å². The topological polar surface area (TPSA) is 113 Å². The summed E-state index contributed by atoms with van der Waals surface area (Å²) < 4.78 is 25.3. The second-order valence-electron chi connectivity index (χ2n) is 6.42. The third kappa shape index (κ3) is 7.19. The van der Waals surface area contributed by atoms with Gasteiger partial charge < -0.3 is 15.1 Å². The van der Waals surface area contributed by atoms with Crippen molar-refractivity contribution >= 4 is 59.0 Å². The molecule has 0 bridgehead atoms. The minimum Gasteiger partial charge on any atom is -0.369 e. The number of sulfone groups is 1. The number of benzene rings is 1. The first-order valence-electron chi connectivity index (χ1n) is 8.94. The van der Waals surface area contributed by atoms with Gasteiger partial charge in [0.25, 0.3) is 11.6 Å². The van der Waals surface area contributed by atoms with Crippen LogP contribution >= 0.6 is 31.9 Å². The molecule has 0 aliphatic carbocycles. The predicted octanol–water partition coefficient (Wildman–Crippen LogP) is 2.28. The number of halogens is 2. The highest BCUT2D eigenvalue weighted by molar-refractivity contribution is 9.09. The molecular weight excluding hydrogens is 532 g/mol. The summed E-state index contributed by atoms with van der Waals surface area (Å²) in [5, 5.41) is 15.4. The van der Waals surface area contributed by atoms with E-state index in [2.05, 4.69) is 37.2 Å². The Morgan fingerprint density at radius 1 is 1.17 bits per heavy atom. The number of likely N-dealkylation sites (N-methyl/N-ethyl adjacent to an activating group) is 1. The number of carbonyl (C=O) groups excluding carboxylic acids is 1. The molecule has 0 saturated carbocycles. The molecular formula is C17H26Br2N4O5S. The average Bonchev–Trinajstić information content (AvgIpc) is 2.66. The molecule has 12 heteroatoms. The molecule has 1 aromatic carbocycles. The maximum absolute atomic E-state index is 12.7. The molecule has 0 atom stereocenters. The van der Waals surface area contributed by atoms with Gasteiger partial charge >= 0.3 is 0 Å². The van der Waals surface area contributed by atoms with Crippen molar-refractivity contribution in [1.29, 1.82) is 0 Å². The van der Waals surface area contributed by atoms with Crippen molar-refractivity contribution in [3.05, 3.63) is 27.8 Å². The normalized spacial score (nSPS) is 11.5. The van der Waals surface area contributed by atoms with E-state index in [1.54, 1.807) is 4.90 Å². The molecule has 1 aromatic rings. The maximum atomic E-state index is 12.7. The van der Waals surface area contributed by atoms with Gasteiger partial charge in [0, 0.05) is 42.9 Å². The zero-order valence-electron chi connectivity index (χ0n) is 16.7. The van der Waals surface area contributed by atoms with Gasteiger partial charge in [-0.05, 0) is 20.2 Å². The number of nitrogens with zero attached hydrogens (tertiary/aromatic N) is 3. The minimum absolute atomic E-state index is 0.140. The number of carbonyl (C=O) groups is 1. The van der Waals surface area contributed by atoms with Gasteiger partial charge in [0.15, 0.2) is 9.84 Å². The Labute approximate surface area is 188 Å². The fourth-order valence-electron chi connectivity index (χ4n) is 2.59. The van der Waals surface area contributed by atoms with Crippen LogP contribution in [0.3, 0.4) is 0 Å². The summed E-state index contributed by atoms with van der Waals surface area (Å²) in [5.74, 6) is -0.819. The second kappa shape index (κ2) is 11.8. The van der Waals surface area contributed by atoms with Crippen molar-refractivity contribution < 1.29 is 18.1 Å². The SMILES string of the molecule is CCS(=O)(=O)c1cc([N+](=O)[O-])c(C(=O)NCCN(C)C)cc1N(CCBr)CCBr. The first-order valence-corrected chi connectivity index (χ1v) is 12.8. The zero-order chi connectivity index (χ0) is 22.2. The van der Waals surface area contributed by atoms with Gasteiger partial charge in [-0.15, -0.1) is 0 Å².